The molecule has 2 rings (SSSR count). The molecule has 2 aromatic heterocycles. The Morgan fingerprint density at radius 2 is 2.00 bits per heavy atom. The summed E-state index contributed by atoms with van der Waals surface area (Å²) in [4.78, 5) is 28.6. The normalized spacial score (nSPS) is 10.5. The maximum absolute atomic E-state index is 11.0. The third kappa shape index (κ3) is 1.31. The standard InChI is InChI=1S/C6H7N5O2/c12-5-9-10-6(13)11(5)2-4-1-7-3-8-4/h1,3H,2H2,(H,7,8)(H,9,12)(H,10,13). The van der Waals surface area contributed by atoms with Crippen LogP contribution in [0.4, 0.5) is 0 Å². The van der Waals surface area contributed by atoms with E-state index in [2.05, 4.69) is 20.2 Å². The molecule has 3 N–H and O–H groups in total. The van der Waals surface area contributed by atoms with Crippen molar-refractivity contribution in [3.05, 3.63) is 39.2 Å². The number of rotatable bonds is 2. The lowest BCUT2D eigenvalue weighted by Crippen LogP contribution is -2.27. The zero-order valence-corrected chi connectivity index (χ0v) is 6.57. The average Bonchev–Trinajstić information content (AvgIpc) is 2.70. The first-order valence-corrected chi connectivity index (χ1v) is 3.62. The lowest BCUT2D eigenvalue weighted by molar-refractivity contribution is 0.719. The number of nitrogens with zero attached hydrogens (tertiary/aromatic N) is 2. The Balaban J connectivity index is 2.38. The van der Waals surface area contributed by atoms with E-state index in [-0.39, 0.29) is 6.54 Å². The summed E-state index contributed by atoms with van der Waals surface area (Å²) in [6.45, 7) is 0.192. The molecular weight excluding hydrogens is 174 g/mol. The fourth-order valence-corrected chi connectivity index (χ4v) is 1.02. The SMILES string of the molecule is O=c1[nH][nH]c(=O)n1Cc1cnc[nH]1. The third-order valence-corrected chi connectivity index (χ3v) is 1.65. The molecular formula is C6H7N5O2. The summed E-state index contributed by atoms with van der Waals surface area (Å²) in [7, 11) is 0. The van der Waals surface area contributed by atoms with Crippen LogP contribution < -0.4 is 11.4 Å². The third-order valence-electron chi connectivity index (χ3n) is 1.65. The number of aromatic amines is 3. The lowest BCUT2D eigenvalue weighted by Gasteiger charge is -1.93. The van der Waals surface area contributed by atoms with E-state index in [9.17, 15) is 9.59 Å². The van der Waals surface area contributed by atoms with Gasteiger partial charge in [-0.15, -0.1) is 0 Å². The van der Waals surface area contributed by atoms with Gasteiger partial charge in [0.15, 0.2) is 0 Å². The van der Waals surface area contributed by atoms with Crippen molar-refractivity contribution in [3.63, 3.8) is 0 Å². The molecule has 7 heteroatoms. The van der Waals surface area contributed by atoms with Crippen LogP contribution in [0.2, 0.25) is 0 Å². The molecule has 0 aromatic carbocycles. The summed E-state index contributed by atoms with van der Waals surface area (Å²) in [5.41, 5.74) is -0.216. The molecule has 0 atom stereocenters. The van der Waals surface area contributed by atoms with Crippen LogP contribution in [0.3, 0.4) is 0 Å². The van der Waals surface area contributed by atoms with Crippen LogP contribution in [0, 0.1) is 0 Å². The molecule has 0 aliphatic rings. The lowest BCUT2D eigenvalue weighted by atomic mass is 10.5. The fourth-order valence-electron chi connectivity index (χ4n) is 1.02. The molecule has 0 unspecified atom stereocenters. The van der Waals surface area contributed by atoms with Crippen molar-refractivity contribution in [2.45, 2.75) is 6.54 Å². The number of nitrogens with one attached hydrogen (secondary N) is 3. The molecule has 0 amide bonds. The van der Waals surface area contributed by atoms with Gasteiger partial charge in [-0.05, 0) is 0 Å². The molecule has 68 valence electrons. The van der Waals surface area contributed by atoms with Crippen molar-refractivity contribution in [1.82, 2.24) is 24.7 Å². The molecule has 0 aliphatic heterocycles. The molecule has 0 saturated heterocycles. The van der Waals surface area contributed by atoms with Gasteiger partial charge >= 0.3 is 11.4 Å². The maximum Gasteiger partial charge on any atom is 0.344 e. The number of hydrogen-bond donors (Lipinski definition) is 3. The Bertz CT molecular complexity index is 460. The van der Waals surface area contributed by atoms with Gasteiger partial charge in [0.1, 0.15) is 0 Å². The van der Waals surface area contributed by atoms with E-state index in [1.807, 2.05) is 0 Å². The molecule has 2 aromatic rings. The molecule has 0 saturated carbocycles. The summed E-state index contributed by atoms with van der Waals surface area (Å²) in [6.07, 6.45) is 3.04. The predicted molar refractivity (Wildman–Crippen MR) is 43.4 cm³/mol. The van der Waals surface area contributed by atoms with Gasteiger partial charge in [0.05, 0.1) is 18.6 Å². The average molecular weight is 181 g/mol. The first kappa shape index (κ1) is 7.59. The van der Waals surface area contributed by atoms with Crippen LogP contribution >= 0.6 is 0 Å². The Kier molecular flexibility index (Phi) is 1.62. The zero-order valence-electron chi connectivity index (χ0n) is 6.57. The molecule has 0 fully saturated rings. The zero-order chi connectivity index (χ0) is 9.26. The number of aromatic nitrogens is 5. The molecule has 0 spiro atoms. The number of hydrogen-bond acceptors (Lipinski definition) is 3. The van der Waals surface area contributed by atoms with Crippen molar-refractivity contribution in [1.29, 1.82) is 0 Å². The minimum Gasteiger partial charge on any atom is -0.347 e. The van der Waals surface area contributed by atoms with Gasteiger partial charge in [-0.2, -0.15) is 0 Å². The summed E-state index contributed by atoms with van der Waals surface area (Å²) >= 11 is 0. The topological polar surface area (TPSA) is 99.3 Å². The van der Waals surface area contributed by atoms with Gasteiger partial charge in [0.2, 0.25) is 0 Å². The second kappa shape index (κ2) is 2.77. The minimum atomic E-state index is -0.459. The van der Waals surface area contributed by atoms with Crippen molar-refractivity contribution < 1.29 is 0 Å². The molecule has 0 aliphatic carbocycles. The van der Waals surface area contributed by atoms with Crippen LogP contribution in [0.1, 0.15) is 5.69 Å². The fraction of sp³-hybridized carbons (Fsp3) is 0.167. The Hall–Kier alpha value is -2.05. The molecule has 2 heterocycles. The highest BCUT2D eigenvalue weighted by Gasteiger charge is 2.03. The van der Waals surface area contributed by atoms with E-state index in [1.54, 1.807) is 6.20 Å². The highest BCUT2D eigenvalue weighted by molar-refractivity contribution is 4.94. The van der Waals surface area contributed by atoms with Crippen LogP contribution in [0.5, 0.6) is 0 Å². The summed E-state index contributed by atoms with van der Waals surface area (Å²) in [5, 5.41) is 4.37. The molecule has 0 radical (unpaired) electrons. The second-order valence-electron chi connectivity index (χ2n) is 2.52. The first-order chi connectivity index (χ1) is 6.27. The van der Waals surface area contributed by atoms with Crippen molar-refractivity contribution in [3.8, 4) is 0 Å². The monoisotopic (exact) mass is 181 g/mol. The summed E-state index contributed by atoms with van der Waals surface area (Å²) in [5.74, 6) is 0. The largest absolute Gasteiger partial charge is 0.347 e. The Morgan fingerprint density at radius 3 is 2.54 bits per heavy atom. The summed E-state index contributed by atoms with van der Waals surface area (Å²) < 4.78 is 1.04. The second-order valence-corrected chi connectivity index (χ2v) is 2.52. The van der Waals surface area contributed by atoms with Crippen LogP contribution in [0.15, 0.2) is 22.1 Å². The maximum atomic E-state index is 11.0. The minimum absolute atomic E-state index is 0.192. The highest BCUT2D eigenvalue weighted by atomic mass is 16.2. The predicted octanol–water partition coefficient (Wildman–Crippen LogP) is -1.36. The first-order valence-electron chi connectivity index (χ1n) is 3.62. The Labute approximate surface area is 71.4 Å². The van der Waals surface area contributed by atoms with E-state index in [4.69, 9.17) is 0 Å². The van der Waals surface area contributed by atoms with Gasteiger partial charge in [0.25, 0.3) is 0 Å². The van der Waals surface area contributed by atoms with Crippen LogP contribution in [-0.4, -0.2) is 24.7 Å². The van der Waals surface area contributed by atoms with Gasteiger partial charge in [0, 0.05) is 6.20 Å². The van der Waals surface area contributed by atoms with Gasteiger partial charge in [-0.1, -0.05) is 0 Å². The Morgan fingerprint density at radius 1 is 1.31 bits per heavy atom. The van der Waals surface area contributed by atoms with Gasteiger partial charge in [-0.25, -0.2) is 29.3 Å². The highest BCUT2D eigenvalue weighted by Crippen LogP contribution is 1.90. The number of imidazole rings is 1. The van der Waals surface area contributed by atoms with Crippen molar-refractivity contribution in [2.24, 2.45) is 0 Å². The quantitative estimate of drug-likeness (QED) is 0.533. The summed E-state index contributed by atoms with van der Waals surface area (Å²) in [6, 6.07) is 0. The molecule has 0 bridgehead atoms. The van der Waals surface area contributed by atoms with E-state index in [0.29, 0.717) is 5.69 Å². The van der Waals surface area contributed by atoms with E-state index in [0.717, 1.165) is 4.57 Å². The number of H-pyrrole nitrogens is 3. The molecule has 7 nitrogen and oxygen atoms in total. The van der Waals surface area contributed by atoms with Gasteiger partial charge in [-0.3, -0.25) is 0 Å². The van der Waals surface area contributed by atoms with E-state index < -0.39 is 11.4 Å². The van der Waals surface area contributed by atoms with Crippen molar-refractivity contribution >= 4 is 0 Å². The van der Waals surface area contributed by atoms with E-state index >= 15 is 0 Å². The van der Waals surface area contributed by atoms with Crippen molar-refractivity contribution in [2.75, 3.05) is 0 Å². The van der Waals surface area contributed by atoms with E-state index in [1.165, 1.54) is 6.33 Å². The van der Waals surface area contributed by atoms with Gasteiger partial charge < -0.3 is 4.98 Å². The molecule has 13 heavy (non-hydrogen) atoms. The smallest absolute Gasteiger partial charge is 0.344 e. The van der Waals surface area contributed by atoms with Crippen LogP contribution in [-0.2, 0) is 6.54 Å². The van der Waals surface area contributed by atoms with Crippen LogP contribution in [0.25, 0.3) is 0 Å².